The van der Waals surface area contributed by atoms with Gasteiger partial charge in [-0.25, -0.2) is 13.2 Å². The highest BCUT2D eigenvalue weighted by Gasteiger charge is 2.23. The van der Waals surface area contributed by atoms with Gasteiger partial charge in [0, 0.05) is 14.4 Å². The van der Waals surface area contributed by atoms with E-state index < -0.39 is 20.4 Å². The molecule has 4 heteroatoms. The van der Waals surface area contributed by atoms with Gasteiger partial charge in [-0.2, -0.15) is 0 Å². The molecule has 0 amide bonds. The Morgan fingerprint density at radius 3 is 2.12 bits per heavy atom. The summed E-state index contributed by atoms with van der Waals surface area (Å²) in [5.41, 5.74) is 4.52. The number of benzene rings is 3. The predicted octanol–water partition coefficient (Wildman–Crippen LogP) is 8.85. The fourth-order valence-corrected chi connectivity index (χ4v) is 8.80. The van der Waals surface area contributed by atoms with Gasteiger partial charge in [-0.3, -0.25) is 0 Å². The molecular formula is C30H35F3Si. The number of hydrogen-bond acceptors (Lipinski definition) is 0. The van der Waals surface area contributed by atoms with E-state index in [-0.39, 0.29) is 5.82 Å². The van der Waals surface area contributed by atoms with Crippen LogP contribution in [0.1, 0.15) is 61.6 Å². The Hall–Kier alpha value is -2.33. The summed E-state index contributed by atoms with van der Waals surface area (Å²) in [4.78, 5) is 0. The van der Waals surface area contributed by atoms with Gasteiger partial charge in [-0.05, 0) is 72.1 Å². The molecule has 180 valence electrons. The van der Waals surface area contributed by atoms with Crippen molar-refractivity contribution < 1.29 is 13.2 Å². The van der Waals surface area contributed by atoms with Crippen molar-refractivity contribution in [1.29, 1.82) is 0 Å². The molecule has 0 nitrogen and oxygen atoms in total. The van der Waals surface area contributed by atoms with Crippen LogP contribution in [-0.4, -0.2) is 8.80 Å². The standard InChI is InChI=1S/C30H35F3Si/c1-2-3-4-17-34-18-15-24(16-19-34)26-12-13-27(29(32)21-26)25-10-7-22(8-11-25)5-6-23-9-14-28(31)30(33)20-23/h7-14,20-21,24,34H,2-6,15-19H2,1H3. The lowest BCUT2D eigenvalue weighted by molar-refractivity contribution is 0.507. The van der Waals surface area contributed by atoms with Crippen LogP contribution in [-0.2, 0) is 12.8 Å². The van der Waals surface area contributed by atoms with Crippen LogP contribution in [0.4, 0.5) is 13.2 Å². The third-order valence-electron chi connectivity index (χ3n) is 7.48. The average Bonchev–Trinajstić information content (AvgIpc) is 2.86. The monoisotopic (exact) mass is 480 g/mol. The summed E-state index contributed by atoms with van der Waals surface area (Å²) < 4.78 is 41.5. The lowest BCUT2D eigenvalue weighted by Crippen LogP contribution is -2.20. The molecule has 4 rings (SSSR count). The van der Waals surface area contributed by atoms with E-state index in [1.165, 1.54) is 62.4 Å². The first-order chi connectivity index (χ1) is 16.5. The normalized spacial score (nSPS) is 18.2. The van der Waals surface area contributed by atoms with Gasteiger partial charge in [0.2, 0.25) is 0 Å². The number of aryl methyl sites for hydroxylation is 2. The minimum atomic E-state index is -0.821. The SMILES string of the molecule is CCCCC[SiH]1CCC(c2ccc(-c3ccc(CCc4ccc(F)c(F)c4)cc3)c(F)c2)CC1. The quantitative estimate of drug-likeness (QED) is 0.212. The van der Waals surface area contributed by atoms with Crippen LogP contribution in [0.3, 0.4) is 0 Å². The van der Waals surface area contributed by atoms with Gasteiger partial charge in [0.1, 0.15) is 5.82 Å². The van der Waals surface area contributed by atoms with E-state index in [0.717, 1.165) is 28.7 Å². The van der Waals surface area contributed by atoms with Crippen molar-refractivity contribution in [3.05, 3.63) is 94.8 Å². The Morgan fingerprint density at radius 1 is 0.735 bits per heavy atom. The van der Waals surface area contributed by atoms with Crippen LogP contribution in [0, 0.1) is 17.5 Å². The highest BCUT2D eigenvalue weighted by Crippen LogP contribution is 2.37. The van der Waals surface area contributed by atoms with Gasteiger partial charge in [0.05, 0.1) is 0 Å². The van der Waals surface area contributed by atoms with E-state index in [0.29, 0.717) is 17.9 Å². The molecule has 0 saturated carbocycles. The molecule has 1 saturated heterocycles. The third-order valence-corrected chi connectivity index (χ3v) is 11.0. The molecular weight excluding hydrogens is 445 g/mol. The first-order valence-electron chi connectivity index (χ1n) is 12.9. The van der Waals surface area contributed by atoms with Crippen LogP contribution < -0.4 is 0 Å². The lowest BCUT2D eigenvalue weighted by Gasteiger charge is -2.28. The summed E-state index contributed by atoms with van der Waals surface area (Å²) >= 11 is 0. The van der Waals surface area contributed by atoms with Crippen LogP contribution in [0.2, 0.25) is 18.1 Å². The Labute approximate surface area is 203 Å². The molecule has 1 fully saturated rings. The lowest BCUT2D eigenvalue weighted by atomic mass is 9.91. The van der Waals surface area contributed by atoms with Crippen molar-refractivity contribution in [2.45, 2.75) is 75.9 Å². The van der Waals surface area contributed by atoms with E-state index in [9.17, 15) is 8.78 Å². The molecule has 0 spiro atoms. The number of unbranched alkanes of at least 4 members (excludes halogenated alkanes) is 2. The van der Waals surface area contributed by atoms with Crippen LogP contribution in [0.15, 0.2) is 60.7 Å². The number of rotatable bonds is 9. The molecule has 1 heterocycles. The molecule has 1 aliphatic heterocycles. The number of halogens is 3. The zero-order chi connectivity index (χ0) is 23.9. The number of hydrogen-bond donors (Lipinski definition) is 0. The van der Waals surface area contributed by atoms with Crippen molar-refractivity contribution in [3.63, 3.8) is 0 Å². The second-order valence-electron chi connectivity index (χ2n) is 9.90. The molecule has 0 N–H and O–H groups in total. The minimum absolute atomic E-state index is 0.144. The summed E-state index contributed by atoms with van der Waals surface area (Å²) in [7, 11) is -0.556. The van der Waals surface area contributed by atoms with Gasteiger partial charge >= 0.3 is 0 Å². The second kappa shape index (κ2) is 11.9. The van der Waals surface area contributed by atoms with E-state index in [4.69, 9.17) is 0 Å². The van der Waals surface area contributed by atoms with Crippen LogP contribution >= 0.6 is 0 Å². The van der Waals surface area contributed by atoms with Crippen molar-refractivity contribution >= 4 is 8.80 Å². The zero-order valence-corrected chi connectivity index (χ0v) is 21.3. The Kier molecular flexibility index (Phi) is 8.66. The molecule has 0 unspecified atom stereocenters. The topological polar surface area (TPSA) is 0 Å². The Bertz CT molecular complexity index is 1070. The van der Waals surface area contributed by atoms with Crippen molar-refractivity contribution in [1.82, 2.24) is 0 Å². The summed E-state index contributed by atoms with van der Waals surface area (Å²) in [6.07, 6.45) is 7.89. The maximum absolute atomic E-state index is 15.1. The third kappa shape index (κ3) is 6.41. The summed E-state index contributed by atoms with van der Waals surface area (Å²) in [5.74, 6) is -1.27. The van der Waals surface area contributed by atoms with Gasteiger partial charge in [0.25, 0.3) is 0 Å². The second-order valence-corrected chi connectivity index (χ2v) is 13.4. The van der Waals surface area contributed by atoms with Gasteiger partial charge in [-0.1, -0.05) is 86.8 Å². The van der Waals surface area contributed by atoms with Crippen molar-refractivity contribution in [3.8, 4) is 11.1 Å². The fraction of sp³-hybridized carbons (Fsp3) is 0.400. The predicted molar refractivity (Wildman–Crippen MR) is 139 cm³/mol. The molecule has 0 atom stereocenters. The minimum Gasteiger partial charge on any atom is -0.206 e. The summed E-state index contributed by atoms with van der Waals surface area (Å²) in [6.45, 7) is 2.27. The van der Waals surface area contributed by atoms with E-state index in [1.54, 1.807) is 12.1 Å². The maximum Gasteiger partial charge on any atom is 0.159 e. The van der Waals surface area contributed by atoms with Crippen molar-refractivity contribution in [2.24, 2.45) is 0 Å². The molecule has 0 radical (unpaired) electrons. The summed E-state index contributed by atoms with van der Waals surface area (Å²) in [5, 5.41) is 0. The first kappa shape index (κ1) is 24.8. The average molecular weight is 481 g/mol. The van der Waals surface area contributed by atoms with Crippen LogP contribution in [0.25, 0.3) is 11.1 Å². The molecule has 3 aromatic carbocycles. The van der Waals surface area contributed by atoms with Gasteiger partial charge in [0.15, 0.2) is 11.6 Å². The zero-order valence-electron chi connectivity index (χ0n) is 20.1. The molecule has 0 aliphatic carbocycles. The smallest absolute Gasteiger partial charge is 0.159 e. The van der Waals surface area contributed by atoms with E-state index in [2.05, 4.69) is 13.0 Å². The first-order valence-corrected chi connectivity index (χ1v) is 15.3. The maximum atomic E-state index is 15.1. The molecule has 34 heavy (non-hydrogen) atoms. The van der Waals surface area contributed by atoms with E-state index >= 15 is 4.39 Å². The highest BCUT2D eigenvalue weighted by molar-refractivity contribution is 6.59. The van der Waals surface area contributed by atoms with Gasteiger partial charge < -0.3 is 0 Å². The van der Waals surface area contributed by atoms with E-state index in [1.807, 2.05) is 30.3 Å². The van der Waals surface area contributed by atoms with Crippen LogP contribution in [0.5, 0.6) is 0 Å². The van der Waals surface area contributed by atoms with Gasteiger partial charge in [-0.15, -0.1) is 0 Å². The molecule has 3 aromatic rings. The largest absolute Gasteiger partial charge is 0.206 e. The molecule has 1 aliphatic rings. The fourth-order valence-electron chi connectivity index (χ4n) is 5.32. The van der Waals surface area contributed by atoms with Crippen molar-refractivity contribution in [2.75, 3.05) is 0 Å². The summed E-state index contributed by atoms with van der Waals surface area (Å²) in [6, 6.07) is 22.0. The Balaban J connectivity index is 1.34. The molecule has 0 aromatic heterocycles. The highest BCUT2D eigenvalue weighted by atomic mass is 28.3. The Morgan fingerprint density at radius 2 is 1.44 bits per heavy atom. The molecule has 0 bridgehead atoms.